The molecule has 1 saturated heterocycles. The largest absolute Gasteiger partial charge is 0.480 e. The van der Waals surface area contributed by atoms with E-state index in [9.17, 15) is 14.3 Å². The van der Waals surface area contributed by atoms with Crippen LogP contribution in [0, 0.1) is 11.2 Å². The van der Waals surface area contributed by atoms with Gasteiger partial charge in [-0.25, -0.2) is 9.37 Å². The Kier molecular flexibility index (Phi) is 7.90. The molecule has 2 aliphatic heterocycles. The fourth-order valence-electron chi connectivity index (χ4n) is 4.72. The van der Waals surface area contributed by atoms with E-state index in [1.807, 2.05) is 0 Å². The molecular weight excluding hydrogens is 435 g/mol. The van der Waals surface area contributed by atoms with Crippen molar-refractivity contribution in [2.24, 2.45) is 0 Å². The van der Waals surface area contributed by atoms with Gasteiger partial charge in [0.05, 0.1) is 6.10 Å². The van der Waals surface area contributed by atoms with E-state index in [-0.39, 0.29) is 11.8 Å². The molecule has 0 spiro atoms. The second kappa shape index (κ2) is 11.1. The summed E-state index contributed by atoms with van der Waals surface area (Å²) < 4.78 is 19.8. The molecule has 3 heterocycles. The number of carbonyl (C=O) groups is 1. The molecule has 1 aromatic heterocycles. The number of fused-ring (bicyclic) bond motifs is 1. The summed E-state index contributed by atoms with van der Waals surface area (Å²) in [6.07, 6.45) is 6.25. The lowest BCUT2D eigenvalue weighted by Crippen LogP contribution is -2.55. The number of anilines is 1. The molecule has 4 rings (SSSR count). The lowest BCUT2D eigenvalue weighted by atomic mass is 9.94. The van der Waals surface area contributed by atoms with Crippen LogP contribution in [0.15, 0.2) is 30.3 Å². The van der Waals surface area contributed by atoms with E-state index >= 15 is 0 Å². The molecule has 1 aromatic carbocycles. The molecule has 0 radical (unpaired) electrons. The molecule has 3 N–H and O–H groups in total. The van der Waals surface area contributed by atoms with Gasteiger partial charge in [-0.05, 0) is 74.4 Å². The van der Waals surface area contributed by atoms with Gasteiger partial charge in [0.1, 0.15) is 17.7 Å². The number of aromatic nitrogens is 1. The Morgan fingerprint density at radius 1 is 1.29 bits per heavy atom. The number of halogens is 1. The number of carboxylic acids is 1. The first-order valence-electron chi connectivity index (χ1n) is 12.1. The maximum Gasteiger partial charge on any atom is 0.325 e. The highest BCUT2D eigenvalue weighted by atomic mass is 19.1. The van der Waals surface area contributed by atoms with Crippen molar-refractivity contribution in [2.45, 2.75) is 57.6 Å². The summed E-state index contributed by atoms with van der Waals surface area (Å²) in [5.74, 6) is -0.499. The Balaban J connectivity index is 1.18. The fraction of sp³-hybridized carbons (Fsp3) is 0.500. The van der Waals surface area contributed by atoms with Gasteiger partial charge in [0.25, 0.3) is 0 Å². The quantitative estimate of drug-likeness (QED) is 0.338. The number of pyridine rings is 1. The van der Waals surface area contributed by atoms with Crippen molar-refractivity contribution in [3.63, 3.8) is 0 Å². The molecule has 8 heteroatoms. The number of likely N-dealkylation sites (tertiary alicyclic amines) is 1. The van der Waals surface area contributed by atoms with Crippen LogP contribution in [-0.4, -0.2) is 59.0 Å². The van der Waals surface area contributed by atoms with Crippen LogP contribution >= 0.6 is 0 Å². The minimum Gasteiger partial charge on any atom is -0.480 e. The van der Waals surface area contributed by atoms with Crippen LogP contribution in [0.25, 0.3) is 0 Å². The third kappa shape index (κ3) is 5.80. The number of aryl methyl sites for hydroxylation is 2. The summed E-state index contributed by atoms with van der Waals surface area (Å²) in [5, 5.41) is 21.1. The third-order valence-electron chi connectivity index (χ3n) is 6.57. The summed E-state index contributed by atoms with van der Waals surface area (Å²) in [6.45, 7) is 4.18. The van der Waals surface area contributed by atoms with Gasteiger partial charge in [0.15, 0.2) is 0 Å². The Hall–Kier alpha value is -2.84. The fourth-order valence-corrected chi connectivity index (χ4v) is 4.72. The van der Waals surface area contributed by atoms with E-state index in [4.69, 9.17) is 15.1 Å². The molecule has 0 saturated carbocycles. The molecule has 1 atom stereocenters. The number of hydrogen-bond donors (Lipinski definition) is 3. The lowest BCUT2D eigenvalue weighted by Gasteiger charge is -2.42. The van der Waals surface area contributed by atoms with Crippen molar-refractivity contribution < 1.29 is 19.0 Å². The van der Waals surface area contributed by atoms with E-state index in [1.165, 1.54) is 30.2 Å². The smallest absolute Gasteiger partial charge is 0.325 e. The van der Waals surface area contributed by atoms with Crippen molar-refractivity contribution in [1.82, 2.24) is 9.88 Å². The minimum absolute atomic E-state index is 0.0201. The Morgan fingerprint density at radius 2 is 2.12 bits per heavy atom. The Morgan fingerprint density at radius 3 is 2.88 bits per heavy atom. The lowest BCUT2D eigenvalue weighted by molar-refractivity contribution is -0.150. The van der Waals surface area contributed by atoms with Gasteiger partial charge in [0.2, 0.25) is 0 Å². The summed E-state index contributed by atoms with van der Waals surface area (Å²) in [7, 11) is 0. The molecule has 1 unspecified atom stereocenters. The zero-order valence-electron chi connectivity index (χ0n) is 19.6. The van der Waals surface area contributed by atoms with Crippen LogP contribution in [0.5, 0.6) is 0 Å². The summed E-state index contributed by atoms with van der Waals surface area (Å²) in [5.41, 5.74) is 3.44. The van der Waals surface area contributed by atoms with E-state index in [0.717, 1.165) is 50.2 Å². The molecule has 34 heavy (non-hydrogen) atoms. The van der Waals surface area contributed by atoms with Crippen molar-refractivity contribution in [2.75, 3.05) is 31.6 Å². The summed E-state index contributed by atoms with van der Waals surface area (Å²) in [6, 6.07) is 7.31. The van der Waals surface area contributed by atoms with Gasteiger partial charge < -0.3 is 20.6 Å². The molecular formula is C26H33FN4O3. The second-order valence-corrected chi connectivity index (χ2v) is 9.20. The van der Waals surface area contributed by atoms with Crippen LogP contribution in [0.3, 0.4) is 0 Å². The average molecular weight is 469 g/mol. The van der Waals surface area contributed by atoms with E-state index < -0.39 is 17.8 Å². The number of benzene rings is 1. The number of nitrogens with one attached hydrogen (secondary N) is 2. The first-order chi connectivity index (χ1) is 16.4. The topological polar surface area (TPSA) is 98.5 Å². The maximum absolute atomic E-state index is 13.8. The maximum atomic E-state index is 13.8. The van der Waals surface area contributed by atoms with Crippen LogP contribution in [0.4, 0.5) is 10.2 Å². The molecule has 182 valence electrons. The molecule has 2 aromatic rings. The number of hydrogen-bond acceptors (Lipinski definition) is 6. The van der Waals surface area contributed by atoms with Crippen molar-refractivity contribution in [3.8, 4) is 0 Å². The zero-order valence-corrected chi connectivity index (χ0v) is 19.6. The van der Waals surface area contributed by atoms with Crippen LogP contribution in [0.1, 0.15) is 61.0 Å². The van der Waals surface area contributed by atoms with Gasteiger partial charge in [-0.15, -0.1) is 0 Å². The standard InChI is InChI=1S/C26H33FN4O3/c1-17(28)22-11-9-19(27)14-23(22)24(26(32)33)31-15-21(16-31)34-13-4-2-3-7-20-10-8-18-6-5-12-29-25(18)30-20/h8-11,14,21,24,28H,2-7,12-13,15-16H2,1H3,(H,29,30)(H,32,33). The highest BCUT2D eigenvalue weighted by Gasteiger charge is 2.39. The number of rotatable bonds is 11. The molecule has 2 aliphatic rings. The van der Waals surface area contributed by atoms with E-state index in [2.05, 4.69) is 17.4 Å². The third-order valence-corrected chi connectivity index (χ3v) is 6.57. The van der Waals surface area contributed by atoms with Gasteiger partial charge >= 0.3 is 5.97 Å². The molecule has 1 fully saturated rings. The van der Waals surface area contributed by atoms with Crippen LogP contribution in [-0.2, 0) is 22.4 Å². The van der Waals surface area contributed by atoms with Crippen LogP contribution in [0.2, 0.25) is 0 Å². The number of ether oxygens (including phenoxy) is 1. The normalized spacial score (nSPS) is 16.9. The van der Waals surface area contributed by atoms with E-state index in [1.54, 1.807) is 11.8 Å². The first-order valence-corrected chi connectivity index (χ1v) is 12.1. The van der Waals surface area contributed by atoms with E-state index in [0.29, 0.717) is 30.8 Å². The van der Waals surface area contributed by atoms with Gasteiger partial charge in [-0.3, -0.25) is 9.69 Å². The molecule has 0 aliphatic carbocycles. The molecule has 0 bridgehead atoms. The predicted molar refractivity (Wildman–Crippen MR) is 129 cm³/mol. The van der Waals surface area contributed by atoms with Gasteiger partial charge in [-0.2, -0.15) is 0 Å². The Labute approximate surface area is 199 Å². The van der Waals surface area contributed by atoms with Crippen molar-refractivity contribution >= 4 is 17.5 Å². The van der Waals surface area contributed by atoms with Crippen LogP contribution < -0.4 is 5.32 Å². The molecule has 0 amide bonds. The predicted octanol–water partition coefficient (Wildman–Crippen LogP) is 4.21. The monoisotopic (exact) mass is 468 g/mol. The number of unbranched alkanes of at least 4 members (excludes halogenated alkanes) is 2. The number of nitrogens with zero attached hydrogens (tertiary/aromatic N) is 2. The number of aliphatic carboxylic acids is 1. The Bertz CT molecular complexity index is 1040. The summed E-state index contributed by atoms with van der Waals surface area (Å²) in [4.78, 5) is 18.5. The minimum atomic E-state index is -1.04. The highest BCUT2D eigenvalue weighted by Crippen LogP contribution is 2.31. The second-order valence-electron chi connectivity index (χ2n) is 9.20. The average Bonchev–Trinajstić information content (AvgIpc) is 2.78. The molecule has 7 nitrogen and oxygen atoms in total. The SMILES string of the molecule is CC(=N)c1ccc(F)cc1C(C(=O)O)N1CC(OCCCCCc2ccc3c(n2)NCCC3)C1. The zero-order chi connectivity index (χ0) is 24.1. The highest BCUT2D eigenvalue weighted by molar-refractivity contribution is 5.99. The van der Waals surface area contributed by atoms with Gasteiger partial charge in [-0.1, -0.05) is 12.5 Å². The van der Waals surface area contributed by atoms with Crippen molar-refractivity contribution in [1.29, 1.82) is 5.41 Å². The van der Waals surface area contributed by atoms with Gasteiger partial charge in [0, 0.05) is 43.2 Å². The number of carboxylic acid groups (broad SMARTS) is 1. The van der Waals surface area contributed by atoms with Crippen molar-refractivity contribution in [3.05, 3.63) is 58.5 Å². The summed E-state index contributed by atoms with van der Waals surface area (Å²) >= 11 is 0. The first kappa shape index (κ1) is 24.3.